The lowest BCUT2D eigenvalue weighted by molar-refractivity contribution is 0.782. The highest BCUT2D eigenvalue weighted by Crippen LogP contribution is 2.21. The third kappa shape index (κ3) is 3.37. The van der Waals surface area contributed by atoms with E-state index in [0.717, 1.165) is 47.1 Å². The first kappa shape index (κ1) is 14.1. The van der Waals surface area contributed by atoms with Crippen LogP contribution in [-0.2, 0) is 12.8 Å². The van der Waals surface area contributed by atoms with Gasteiger partial charge in [0.15, 0.2) is 5.65 Å². The number of hydrogen-bond donors (Lipinski definition) is 1. The Bertz CT molecular complexity index is 537. The second-order valence-electron chi connectivity index (χ2n) is 4.47. The van der Waals surface area contributed by atoms with Gasteiger partial charge in [-0.3, -0.25) is 4.68 Å². The van der Waals surface area contributed by atoms with E-state index in [1.54, 1.807) is 0 Å². The van der Waals surface area contributed by atoms with Gasteiger partial charge in [-0.2, -0.15) is 16.9 Å². The SMILES string of the molecule is CCCNc1nc(CSCCC)nc2c1cnn2C. The van der Waals surface area contributed by atoms with Crippen LogP contribution in [0, 0.1) is 0 Å². The summed E-state index contributed by atoms with van der Waals surface area (Å²) in [6.07, 6.45) is 4.08. The lowest BCUT2D eigenvalue weighted by atomic mass is 10.3. The number of rotatable bonds is 7. The molecule has 2 rings (SSSR count). The Balaban J connectivity index is 2.28. The number of hydrogen-bond acceptors (Lipinski definition) is 5. The quantitative estimate of drug-likeness (QED) is 0.790. The molecule has 0 atom stereocenters. The maximum absolute atomic E-state index is 4.63. The van der Waals surface area contributed by atoms with Crippen LogP contribution in [0.1, 0.15) is 32.5 Å². The third-order valence-corrected chi connectivity index (χ3v) is 3.92. The molecule has 0 saturated carbocycles. The molecular weight excluding hydrogens is 258 g/mol. The summed E-state index contributed by atoms with van der Waals surface area (Å²) in [5.41, 5.74) is 0.903. The molecule has 0 unspecified atom stereocenters. The van der Waals surface area contributed by atoms with Crippen molar-refractivity contribution in [3.63, 3.8) is 0 Å². The lowest BCUT2D eigenvalue weighted by Crippen LogP contribution is -2.06. The molecule has 0 aliphatic heterocycles. The van der Waals surface area contributed by atoms with E-state index in [1.165, 1.54) is 6.42 Å². The zero-order valence-electron chi connectivity index (χ0n) is 11.8. The molecule has 2 heterocycles. The molecule has 0 bridgehead atoms. The normalized spacial score (nSPS) is 11.1. The van der Waals surface area contributed by atoms with Gasteiger partial charge in [-0.05, 0) is 18.6 Å². The third-order valence-electron chi connectivity index (χ3n) is 2.76. The predicted molar refractivity (Wildman–Crippen MR) is 81.5 cm³/mol. The first-order chi connectivity index (χ1) is 9.26. The molecule has 0 amide bonds. The maximum Gasteiger partial charge on any atom is 0.163 e. The Labute approximate surface area is 118 Å². The minimum Gasteiger partial charge on any atom is -0.369 e. The van der Waals surface area contributed by atoms with Crippen molar-refractivity contribution in [2.75, 3.05) is 17.6 Å². The molecule has 19 heavy (non-hydrogen) atoms. The summed E-state index contributed by atoms with van der Waals surface area (Å²) in [6.45, 7) is 5.25. The fourth-order valence-electron chi connectivity index (χ4n) is 1.82. The van der Waals surface area contributed by atoms with Gasteiger partial charge in [-0.1, -0.05) is 13.8 Å². The molecule has 0 aromatic carbocycles. The van der Waals surface area contributed by atoms with Gasteiger partial charge in [0.1, 0.15) is 11.6 Å². The summed E-state index contributed by atoms with van der Waals surface area (Å²) >= 11 is 1.87. The smallest absolute Gasteiger partial charge is 0.163 e. The Hall–Kier alpha value is -1.30. The fourth-order valence-corrected chi connectivity index (χ4v) is 2.56. The Morgan fingerprint density at radius 1 is 1.26 bits per heavy atom. The summed E-state index contributed by atoms with van der Waals surface area (Å²) in [5, 5.41) is 8.64. The van der Waals surface area contributed by atoms with E-state index in [1.807, 2.05) is 29.7 Å². The summed E-state index contributed by atoms with van der Waals surface area (Å²) in [5.74, 6) is 3.79. The number of thioether (sulfide) groups is 1. The average Bonchev–Trinajstić information content (AvgIpc) is 2.78. The van der Waals surface area contributed by atoms with Crippen molar-refractivity contribution in [2.45, 2.75) is 32.4 Å². The molecule has 2 aromatic rings. The van der Waals surface area contributed by atoms with E-state index in [-0.39, 0.29) is 0 Å². The number of anilines is 1. The van der Waals surface area contributed by atoms with Gasteiger partial charge in [0.05, 0.1) is 17.3 Å². The zero-order valence-corrected chi connectivity index (χ0v) is 12.6. The van der Waals surface area contributed by atoms with Crippen LogP contribution in [0.15, 0.2) is 6.20 Å². The molecule has 0 fully saturated rings. The maximum atomic E-state index is 4.63. The van der Waals surface area contributed by atoms with Gasteiger partial charge in [-0.15, -0.1) is 0 Å². The van der Waals surface area contributed by atoms with Crippen LogP contribution < -0.4 is 5.32 Å². The predicted octanol–water partition coefficient (Wildman–Crippen LogP) is 2.83. The summed E-state index contributed by atoms with van der Waals surface area (Å²) in [6, 6.07) is 0. The van der Waals surface area contributed by atoms with Crippen molar-refractivity contribution < 1.29 is 0 Å². The molecule has 2 aromatic heterocycles. The minimum absolute atomic E-state index is 0.857. The number of aromatic nitrogens is 4. The molecule has 0 saturated heterocycles. The Kier molecular flexibility index (Phi) is 5.01. The van der Waals surface area contributed by atoms with Gasteiger partial charge < -0.3 is 5.32 Å². The molecular formula is C13H21N5S. The van der Waals surface area contributed by atoms with Crippen LogP contribution in [-0.4, -0.2) is 32.0 Å². The average molecular weight is 279 g/mol. The largest absolute Gasteiger partial charge is 0.369 e. The van der Waals surface area contributed by atoms with E-state index in [9.17, 15) is 0 Å². The number of nitrogens with one attached hydrogen (secondary N) is 1. The van der Waals surface area contributed by atoms with Gasteiger partial charge >= 0.3 is 0 Å². The fraction of sp³-hybridized carbons (Fsp3) is 0.615. The van der Waals surface area contributed by atoms with Gasteiger partial charge in [0, 0.05) is 13.6 Å². The van der Waals surface area contributed by atoms with E-state index in [4.69, 9.17) is 0 Å². The highest BCUT2D eigenvalue weighted by molar-refractivity contribution is 7.98. The van der Waals surface area contributed by atoms with Crippen molar-refractivity contribution in [2.24, 2.45) is 7.05 Å². The van der Waals surface area contributed by atoms with Crippen LogP contribution in [0.5, 0.6) is 0 Å². The molecule has 0 radical (unpaired) electrons. The van der Waals surface area contributed by atoms with E-state index < -0.39 is 0 Å². The zero-order chi connectivity index (χ0) is 13.7. The van der Waals surface area contributed by atoms with Crippen molar-refractivity contribution >= 4 is 28.6 Å². The minimum atomic E-state index is 0.857. The van der Waals surface area contributed by atoms with Crippen LogP contribution in [0.3, 0.4) is 0 Å². The second-order valence-corrected chi connectivity index (χ2v) is 5.58. The number of nitrogens with zero attached hydrogens (tertiary/aromatic N) is 4. The van der Waals surface area contributed by atoms with E-state index in [0.29, 0.717) is 0 Å². The van der Waals surface area contributed by atoms with Crippen LogP contribution >= 0.6 is 11.8 Å². The molecule has 104 valence electrons. The highest BCUT2D eigenvalue weighted by atomic mass is 32.2. The second kappa shape index (κ2) is 6.75. The Morgan fingerprint density at radius 2 is 2.11 bits per heavy atom. The van der Waals surface area contributed by atoms with Crippen molar-refractivity contribution in [1.82, 2.24) is 19.7 Å². The molecule has 0 aliphatic rings. The van der Waals surface area contributed by atoms with Crippen LogP contribution in [0.4, 0.5) is 5.82 Å². The lowest BCUT2D eigenvalue weighted by Gasteiger charge is -2.08. The monoisotopic (exact) mass is 279 g/mol. The van der Waals surface area contributed by atoms with E-state index >= 15 is 0 Å². The van der Waals surface area contributed by atoms with Crippen LogP contribution in [0.25, 0.3) is 11.0 Å². The molecule has 6 heteroatoms. The summed E-state index contributed by atoms with van der Waals surface area (Å²) in [7, 11) is 1.92. The molecule has 0 aliphatic carbocycles. The number of fused-ring (bicyclic) bond motifs is 1. The van der Waals surface area contributed by atoms with Gasteiger partial charge in [0.2, 0.25) is 0 Å². The highest BCUT2D eigenvalue weighted by Gasteiger charge is 2.10. The van der Waals surface area contributed by atoms with Crippen LogP contribution in [0.2, 0.25) is 0 Å². The first-order valence-electron chi connectivity index (χ1n) is 6.76. The van der Waals surface area contributed by atoms with Gasteiger partial charge in [0.25, 0.3) is 0 Å². The Morgan fingerprint density at radius 3 is 2.84 bits per heavy atom. The van der Waals surface area contributed by atoms with E-state index in [2.05, 4.69) is 34.2 Å². The molecule has 1 N–H and O–H groups in total. The first-order valence-corrected chi connectivity index (χ1v) is 7.92. The topological polar surface area (TPSA) is 55.6 Å². The molecule has 0 spiro atoms. The van der Waals surface area contributed by atoms with Crippen molar-refractivity contribution in [3.05, 3.63) is 12.0 Å². The van der Waals surface area contributed by atoms with Crippen molar-refractivity contribution in [1.29, 1.82) is 0 Å². The van der Waals surface area contributed by atoms with Crippen molar-refractivity contribution in [3.8, 4) is 0 Å². The standard InChI is InChI=1S/C13H21N5S/c1-4-6-14-12-10-8-15-18(3)13(10)17-11(16-12)9-19-7-5-2/h8H,4-7,9H2,1-3H3,(H,14,16,17). The summed E-state index contributed by atoms with van der Waals surface area (Å²) < 4.78 is 1.81. The summed E-state index contributed by atoms with van der Waals surface area (Å²) in [4.78, 5) is 9.23. The van der Waals surface area contributed by atoms with Gasteiger partial charge in [-0.25, -0.2) is 9.97 Å². The number of aryl methyl sites for hydroxylation is 1. The molecule has 5 nitrogen and oxygen atoms in total.